The third-order valence-electron chi connectivity index (χ3n) is 4.15. The maximum atomic E-state index is 5.65. The van der Waals surface area contributed by atoms with Crippen molar-refractivity contribution in [1.29, 1.82) is 0 Å². The van der Waals surface area contributed by atoms with E-state index >= 15 is 0 Å². The van der Waals surface area contributed by atoms with Gasteiger partial charge in [0, 0.05) is 0 Å². The van der Waals surface area contributed by atoms with Gasteiger partial charge >= 0.3 is 0 Å². The highest BCUT2D eigenvalue weighted by molar-refractivity contribution is 5.88. The molecule has 0 atom stereocenters. The predicted molar refractivity (Wildman–Crippen MR) is 80.3 cm³/mol. The molecule has 0 saturated carbocycles. The van der Waals surface area contributed by atoms with Crippen LogP contribution in [0.3, 0.4) is 0 Å². The van der Waals surface area contributed by atoms with E-state index in [0.29, 0.717) is 0 Å². The summed E-state index contributed by atoms with van der Waals surface area (Å²) in [6.45, 7) is 3.87. The van der Waals surface area contributed by atoms with Crippen molar-refractivity contribution < 1.29 is 4.74 Å². The van der Waals surface area contributed by atoms with Crippen molar-refractivity contribution in [3.63, 3.8) is 0 Å². The third kappa shape index (κ3) is 2.52. The fourth-order valence-corrected chi connectivity index (χ4v) is 3.11. The Morgan fingerprint density at radius 1 is 1.05 bits per heavy atom. The lowest BCUT2D eigenvalue weighted by atomic mass is 9.92. The van der Waals surface area contributed by atoms with E-state index in [1.54, 1.807) is 5.56 Å². The van der Waals surface area contributed by atoms with Crippen LogP contribution in [0, 0.1) is 0 Å². The first-order chi connectivity index (χ1) is 9.40. The van der Waals surface area contributed by atoms with Crippen molar-refractivity contribution in [2.45, 2.75) is 52.2 Å². The fraction of sp³-hybridized carbons (Fsp3) is 0.444. The Bertz CT molecular complexity index is 571. The maximum Gasteiger partial charge on any atom is 0.0727 e. The highest BCUT2D eigenvalue weighted by Crippen LogP contribution is 2.32. The van der Waals surface area contributed by atoms with Crippen LogP contribution in [0.15, 0.2) is 30.3 Å². The number of aryl methyl sites for hydroxylation is 1. The Morgan fingerprint density at radius 3 is 2.84 bits per heavy atom. The van der Waals surface area contributed by atoms with Gasteiger partial charge in [0.1, 0.15) is 0 Å². The van der Waals surface area contributed by atoms with Gasteiger partial charge in [-0.25, -0.2) is 0 Å². The monoisotopic (exact) mass is 254 g/mol. The second-order valence-electron chi connectivity index (χ2n) is 5.52. The molecule has 2 aromatic rings. The first-order valence-corrected chi connectivity index (χ1v) is 7.50. The molecule has 0 fully saturated rings. The largest absolute Gasteiger partial charge is 0.372 e. The molecule has 0 unspecified atom stereocenters. The van der Waals surface area contributed by atoms with Crippen LogP contribution in [0.25, 0.3) is 10.8 Å². The summed E-state index contributed by atoms with van der Waals surface area (Å²) < 4.78 is 5.65. The molecule has 100 valence electrons. The summed E-state index contributed by atoms with van der Waals surface area (Å²) in [5.74, 6) is 0. The molecule has 1 aliphatic rings. The number of hydrogen-bond acceptors (Lipinski definition) is 1. The van der Waals surface area contributed by atoms with E-state index in [-0.39, 0.29) is 0 Å². The highest BCUT2D eigenvalue weighted by atomic mass is 16.5. The average molecular weight is 254 g/mol. The van der Waals surface area contributed by atoms with Crippen molar-refractivity contribution in [3.8, 4) is 0 Å². The zero-order valence-electron chi connectivity index (χ0n) is 11.7. The van der Waals surface area contributed by atoms with Gasteiger partial charge in [-0.15, -0.1) is 0 Å². The lowest BCUT2D eigenvalue weighted by Crippen LogP contribution is -1.96. The second kappa shape index (κ2) is 5.75. The Morgan fingerprint density at radius 2 is 1.95 bits per heavy atom. The standard InChI is InChI=1S/C18H22O/c1-2-3-4-5-10-17-16-9-7-6-8-14(16)11-15-12-19-13-18(15)17/h6-9,11H,2-5,10,12-13H2,1H3. The number of unbranched alkanes of at least 4 members (excludes halogenated alkanes) is 3. The molecule has 2 aromatic carbocycles. The quantitative estimate of drug-likeness (QED) is 0.683. The first kappa shape index (κ1) is 12.7. The van der Waals surface area contributed by atoms with Crippen LogP contribution in [0.5, 0.6) is 0 Å². The molecule has 0 N–H and O–H groups in total. The average Bonchev–Trinajstić information content (AvgIpc) is 2.90. The van der Waals surface area contributed by atoms with E-state index < -0.39 is 0 Å². The van der Waals surface area contributed by atoms with E-state index in [1.165, 1.54) is 54.0 Å². The molecule has 0 aromatic heterocycles. The number of benzene rings is 2. The van der Waals surface area contributed by atoms with Crippen LogP contribution >= 0.6 is 0 Å². The van der Waals surface area contributed by atoms with Crippen molar-refractivity contribution in [2.24, 2.45) is 0 Å². The summed E-state index contributed by atoms with van der Waals surface area (Å²) in [7, 11) is 0. The van der Waals surface area contributed by atoms with Crippen molar-refractivity contribution in [2.75, 3.05) is 0 Å². The van der Waals surface area contributed by atoms with Crippen LogP contribution in [-0.2, 0) is 24.4 Å². The zero-order chi connectivity index (χ0) is 13.1. The number of ether oxygens (including phenoxy) is 1. The normalized spacial score (nSPS) is 13.9. The molecule has 0 spiro atoms. The summed E-state index contributed by atoms with van der Waals surface area (Å²) in [5.41, 5.74) is 4.42. The van der Waals surface area contributed by atoms with Gasteiger partial charge in [0.05, 0.1) is 13.2 Å². The molecule has 3 rings (SSSR count). The summed E-state index contributed by atoms with van der Waals surface area (Å²) in [5, 5.41) is 2.81. The van der Waals surface area contributed by atoms with Crippen LogP contribution in [0.2, 0.25) is 0 Å². The van der Waals surface area contributed by atoms with Crippen molar-refractivity contribution in [3.05, 3.63) is 47.0 Å². The van der Waals surface area contributed by atoms with E-state index in [2.05, 4.69) is 37.3 Å². The van der Waals surface area contributed by atoms with Gasteiger partial charge in [-0.3, -0.25) is 0 Å². The van der Waals surface area contributed by atoms with E-state index in [9.17, 15) is 0 Å². The fourth-order valence-electron chi connectivity index (χ4n) is 3.11. The minimum Gasteiger partial charge on any atom is -0.372 e. The molecule has 1 heterocycles. The zero-order valence-corrected chi connectivity index (χ0v) is 11.7. The van der Waals surface area contributed by atoms with Crippen molar-refractivity contribution in [1.82, 2.24) is 0 Å². The summed E-state index contributed by atoms with van der Waals surface area (Å²) in [6, 6.07) is 11.1. The van der Waals surface area contributed by atoms with Crippen LogP contribution in [-0.4, -0.2) is 0 Å². The predicted octanol–water partition coefficient (Wildman–Crippen LogP) is 4.99. The lowest BCUT2D eigenvalue weighted by Gasteiger charge is -2.12. The van der Waals surface area contributed by atoms with Gasteiger partial charge in [-0.1, -0.05) is 50.5 Å². The topological polar surface area (TPSA) is 9.23 Å². The smallest absolute Gasteiger partial charge is 0.0727 e. The van der Waals surface area contributed by atoms with Crippen molar-refractivity contribution >= 4 is 10.8 Å². The minimum atomic E-state index is 0.794. The molecule has 0 radical (unpaired) electrons. The van der Waals surface area contributed by atoms with Gasteiger partial charge in [-0.05, 0) is 46.4 Å². The molecule has 19 heavy (non-hydrogen) atoms. The lowest BCUT2D eigenvalue weighted by molar-refractivity contribution is 0.134. The molecule has 1 nitrogen and oxygen atoms in total. The molecule has 0 amide bonds. The third-order valence-corrected chi connectivity index (χ3v) is 4.15. The molecule has 1 heteroatoms. The number of hydrogen-bond donors (Lipinski definition) is 0. The Hall–Kier alpha value is -1.34. The van der Waals surface area contributed by atoms with Crippen LogP contribution in [0.4, 0.5) is 0 Å². The Labute approximate surface area is 115 Å². The van der Waals surface area contributed by atoms with E-state index in [1.807, 2.05) is 0 Å². The summed E-state index contributed by atoms with van der Waals surface area (Å²) in [6.07, 6.45) is 6.50. The van der Waals surface area contributed by atoms with Gasteiger partial charge in [0.2, 0.25) is 0 Å². The second-order valence-corrected chi connectivity index (χ2v) is 5.52. The van der Waals surface area contributed by atoms with Crippen LogP contribution in [0.1, 0.15) is 49.3 Å². The highest BCUT2D eigenvalue weighted by Gasteiger charge is 2.17. The molecular formula is C18H22O. The van der Waals surface area contributed by atoms with E-state index in [0.717, 1.165) is 13.2 Å². The molecular weight excluding hydrogens is 232 g/mol. The first-order valence-electron chi connectivity index (χ1n) is 7.50. The summed E-state index contributed by atoms with van der Waals surface area (Å²) in [4.78, 5) is 0. The maximum absolute atomic E-state index is 5.65. The SMILES string of the molecule is CCCCCCc1c2c(cc3ccccc13)COC2. The molecule has 1 aliphatic heterocycles. The van der Waals surface area contributed by atoms with Gasteiger partial charge < -0.3 is 4.74 Å². The molecule has 0 aliphatic carbocycles. The van der Waals surface area contributed by atoms with Gasteiger partial charge in [0.25, 0.3) is 0 Å². The van der Waals surface area contributed by atoms with Gasteiger partial charge in [-0.2, -0.15) is 0 Å². The van der Waals surface area contributed by atoms with Crippen LogP contribution < -0.4 is 0 Å². The van der Waals surface area contributed by atoms with E-state index in [4.69, 9.17) is 4.74 Å². The van der Waals surface area contributed by atoms with Gasteiger partial charge in [0.15, 0.2) is 0 Å². The molecule has 0 bridgehead atoms. The minimum absolute atomic E-state index is 0.794. The Balaban J connectivity index is 1.95. The Kier molecular flexibility index (Phi) is 3.84. The number of fused-ring (bicyclic) bond motifs is 2. The summed E-state index contributed by atoms with van der Waals surface area (Å²) >= 11 is 0. The number of rotatable bonds is 5. The molecule has 0 saturated heterocycles.